The Hall–Kier alpha value is -2.41. The molecule has 0 N–H and O–H groups in total. The molecule has 0 aliphatic heterocycles. The van der Waals surface area contributed by atoms with E-state index < -0.39 is 0 Å². The van der Waals surface area contributed by atoms with Crippen LogP contribution in [0.25, 0.3) is 10.8 Å². The fourth-order valence-electron chi connectivity index (χ4n) is 3.44. The van der Waals surface area contributed by atoms with E-state index in [1.807, 2.05) is 36.4 Å². The number of unbranched alkanes of at least 4 members (excludes halogenated alkanes) is 2. The average molecular weight is 330 g/mol. The number of ketones is 1. The number of Topliss-reactive ketones (excluding diaryl/α,β-unsaturated/α-hetero) is 1. The molecule has 0 unspecified atom stereocenters. The molecule has 3 rings (SSSR count). The van der Waals surface area contributed by atoms with Crippen LogP contribution in [0, 0.1) is 6.92 Å². The summed E-state index contributed by atoms with van der Waals surface area (Å²) in [6.07, 6.45) is 5.31. The van der Waals surface area contributed by atoms with E-state index in [9.17, 15) is 4.79 Å². The van der Waals surface area contributed by atoms with Crippen LogP contribution in [-0.4, -0.2) is 5.78 Å². The molecule has 1 nitrogen and oxygen atoms in total. The molecular formula is C24H26O. The van der Waals surface area contributed by atoms with Crippen LogP contribution in [0.2, 0.25) is 0 Å². The highest BCUT2D eigenvalue weighted by Crippen LogP contribution is 2.25. The van der Waals surface area contributed by atoms with Crippen LogP contribution in [0.15, 0.2) is 60.7 Å². The van der Waals surface area contributed by atoms with Gasteiger partial charge < -0.3 is 0 Å². The van der Waals surface area contributed by atoms with Crippen molar-refractivity contribution < 1.29 is 4.79 Å². The lowest BCUT2D eigenvalue weighted by Crippen LogP contribution is -2.03. The first-order chi connectivity index (χ1) is 12.2. The topological polar surface area (TPSA) is 17.1 Å². The van der Waals surface area contributed by atoms with Crippen LogP contribution in [0.3, 0.4) is 0 Å². The molecule has 0 atom stereocenters. The zero-order valence-electron chi connectivity index (χ0n) is 15.2. The molecule has 3 aromatic rings. The van der Waals surface area contributed by atoms with Crippen molar-refractivity contribution in [2.24, 2.45) is 0 Å². The van der Waals surface area contributed by atoms with Gasteiger partial charge in [0.2, 0.25) is 0 Å². The van der Waals surface area contributed by atoms with E-state index in [1.54, 1.807) is 0 Å². The fourth-order valence-corrected chi connectivity index (χ4v) is 3.44. The molecule has 0 bridgehead atoms. The zero-order chi connectivity index (χ0) is 17.6. The van der Waals surface area contributed by atoms with Gasteiger partial charge in [-0.1, -0.05) is 79.9 Å². The smallest absolute Gasteiger partial charge is 0.167 e. The van der Waals surface area contributed by atoms with Gasteiger partial charge in [-0.25, -0.2) is 0 Å². The Morgan fingerprint density at radius 1 is 0.920 bits per heavy atom. The lowest BCUT2D eigenvalue weighted by molar-refractivity contribution is 0.0993. The highest BCUT2D eigenvalue weighted by atomic mass is 16.1. The number of aryl methyl sites for hydroxylation is 2. The maximum atomic E-state index is 12.6. The second-order valence-corrected chi connectivity index (χ2v) is 6.90. The van der Waals surface area contributed by atoms with Crippen LogP contribution in [-0.2, 0) is 12.8 Å². The summed E-state index contributed by atoms with van der Waals surface area (Å²) in [6, 6.07) is 20.6. The van der Waals surface area contributed by atoms with Gasteiger partial charge >= 0.3 is 0 Å². The molecular weight excluding hydrogens is 304 g/mol. The van der Waals surface area contributed by atoms with E-state index in [4.69, 9.17) is 0 Å². The van der Waals surface area contributed by atoms with E-state index in [2.05, 4.69) is 38.1 Å². The van der Waals surface area contributed by atoms with Gasteiger partial charge in [0.15, 0.2) is 5.78 Å². The number of fused-ring (bicyclic) bond motifs is 1. The molecule has 0 spiro atoms. The first kappa shape index (κ1) is 17.4. The minimum absolute atomic E-state index is 0.183. The predicted octanol–water partition coefficient (Wildman–Crippen LogP) is 6.31. The van der Waals surface area contributed by atoms with Gasteiger partial charge in [-0.05, 0) is 47.7 Å². The third-order valence-electron chi connectivity index (χ3n) is 4.76. The van der Waals surface area contributed by atoms with E-state index in [-0.39, 0.29) is 5.78 Å². The van der Waals surface area contributed by atoms with E-state index in [0.29, 0.717) is 6.42 Å². The maximum absolute atomic E-state index is 12.6. The molecule has 0 aliphatic rings. The van der Waals surface area contributed by atoms with Gasteiger partial charge in [0.25, 0.3) is 0 Å². The molecule has 128 valence electrons. The Bertz CT molecular complexity index is 862. The number of carbonyl (C=O) groups is 1. The first-order valence-electron chi connectivity index (χ1n) is 9.28. The number of benzene rings is 3. The molecule has 0 heterocycles. The second kappa shape index (κ2) is 8.11. The third-order valence-corrected chi connectivity index (χ3v) is 4.76. The molecule has 1 heteroatoms. The van der Waals surface area contributed by atoms with Crippen LogP contribution < -0.4 is 0 Å². The summed E-state index contributed by atoms with van der Waals surface area (Å²) in [5, 5.41) is 2.48. The Morgan fingerprint density at radius 2 is 1.72 bits per heavy atom. The van der Waals surface area contributed by atoms with Crippen LogP contribution >= 0.6 is 0 Å². The summed E-state index contributed by atoms with van der Waals surface area (Å²) in [6.45, 7) is 4.38. The zero-order valence-corrected chi connectivity index (χ0v) is 15.2. The minimum Gasteiger partial charge on any atom is -0.294 e. The van der Waals surface area contributed by atoms with Crippen molar-refractivity contribution in [3.05, 3.63) is 82.9 Å². The Balaban J connectivity index is 1.87. The quantitative estimate of drug-likeness (QED) is 0.366. The SMILES string of the molecule is CCCCCc1cc(C)cc2cc(C(=O)Cc3ccccc3)ccc12. The maximum Gasteiger partial charge on any atom is 0.167 e. The van der Waals surface area contributed by atoms with Gasteiger partial charge in [0, 0.05) is 12.0 Å². The largest absolute Gasteiger partial charge is 0.294 e. The van der Waals surface area contributed by atoms with Crippen molar-refractivity contribution in [2.45, 2.75) is 46.0 Å². The standard InChI is InChI=1S/C24H26O/c1-3-4-6-11-20-14-18(2)15-22-17-21(12-13-23(20)22)24(25)16-19-9-7-5-8-10-19/h5,7-10,12-15,17H,3-4,6,11,16H2,1-2H3. The van der Waals surface area contributed by atoms with Crippen molar-refractivity contribution >= 4 is 16.6 Å². The Kier molecular flexibility index (Phi) is 5.65. The lowest BCUT2D eigenvalue weighted by Gasteiger charge is -2.10. The van der Waals surface area contributed by atoms with Gasteiger partial charge in [0.1, 0.15) is 0 Å². The normalized spacial score (nSPS) is 11.0. The molecule has 0 aliphatic carbocycles. The summed E-state index contributed by atoms with van der Waals surface area (Å²) in [4.78, 5) is 12.6. The second-order valence-electron chi connectivity index (χ2n) is 6.90. The molecule has 0 aromatic heterocycles. The van der Waals surface area contributed by atoms with Crippen LogP contribution in [0.1, 0.15) is 53.2 Å². The van der Waals surface area contributed by atoms with Gasteiger partial charge in [0.05, 0.1) is 0 Å². The summed E-state index contributed by atoms with van der Waals surface area (Å²) in [5.74, 6) is 0.183. The molecule has 0 radical (unpaired) electrons. The Morgan fingerprint density at radius 3 is 2.48 bits per heavy atom. The van der Waals surface area contributed by atoms with Crippen LogP contribution in [0.5, 0.6) is 0 Å². The Labute approximate surface area is 150 Å². The predicted molar refractivity (Wildman–Crippen MR) is 106 cm³/mol. The lowest BCUT2D eigenvalue weighted by atomic mass is 9.94. The highest BCUT2D eigenvalue weighted by molar-refractivity contribution is 6.01. The third kappa shape index (κ3) is 4.36. The average Bonchev–Trinajstić information content (AvgIpc) is 2.62. The fraction of sp³-hybridized carbons (Fsp3) is 0.292. The molecule has 25 heavy (non-hydrogen) atoms. The molecule has 3 aromatic carbocycles. The summed E-state index contributed by atoms with van der Waals surface area (Å²) in [7, 11) is 0. The van der Waals surface area contributed by atoms with Crippen molar-refractivity contribution in [1.29, 1.82) is 0 Å². The summed E-state index contributed by atoms with van der Waals surface area (Å²) in [5.41, 5.74) is 4.55. The highest BCUT2D eigenvalue weighted by Gasteiger charge is 2.10. The molecule has 0 amide bonds. The van der Waals surface area contributed by atoms with Gasteiger partial charge in [-0.2, -0.15) is 0 Å². The summed E-state index contributed by atoms with van der Waals surface area (Å²) >= 11 is 0. The van der Waals surface area contributed by atoms with Crippen molar-refractivity contribution in [3.8, 4) is 0 Å². The minimum atomic E-state index is 0.183. The number of rotatable bonds is 7. The summed E-state index contributed by atoms with van der Waals surface area (Å²) < 4.78 is 0. The van der Waals surface area contributed by atoms with Gasteiger partial charge in [-0.15, -0.1) is 0 Å². The van der Waals surface area contributed by atoms with E-state index in [0.717, 1.165) is 17.5 Å². The number of carbonyl (C=O) groups excluding carboxylic acids is 1. The van der Waals surface area contributed by atoms with E-state index in [1.165, 1.54) is 41.2 Å². The van der Waals surface area contributed by atoms with Crippen molar-refractivity contribution in [2.75, 3.05) is 0 Å². The van der Waals surface area contributed by atoms with Crippen LogP contribution in [0.4, 0.5) is 0 Å². The molecule has 0 fully saturated rings. The molecule has 0 saturated carbocycles. The van der Waals surface area contributed by atoms with Crippen molar-refractivity contribution in [3.63, 3.8) is 0 Å². The first-order valence-corrected chi connectivity index (χ1v) is 9.28. The van der Waals surface area contributed by atoms with Gasteiger partial charge in [-0.3, -0.25) is 4.79 Å². The van der Waals surface area contributed by atoms with Crippen molar-refractivity contribution in [1.82, 2.24) is 0 Å². The number of hydrogen-bond acceptors (Lipinski definition) is 1. The molecule has 0 saturated heterocycles. The monoisotopic (exact) mass is 330 g/mol. The van der Waals surface area contributed by atoms with E-state index >= 15 is 0 Å². The number of hydrogen-bond donors (Lipinski definition) is 0.